The lowest BCUT2D eigenvalue weighted by Crippen LogP contribution is -2.41. The van der Waals surface area contributed by atoms with Crippen molar-refractivity contribution in [3.05, 3.63) is 18.0 Å². The standard InChI is InChI=1S/C19H31F3N6O.HI/c1-3-29-15(14-6-4-5-7-14)8-10-24-17(23-2)26-12-13-27-18-25-11-9-16(28-18)19(20,21)22;/h9,11,14-15H,3-8,10,12-13H2,1-2H3,(H2,23,24,26)(H,25,27,28);1H. The van der Waals surface area contributed by atoms with E-state index in [9.17, 15) is 13.2 Å². The number of alkyl halides is 3. The minimum atomic E-state index is -4.48. The fourth-order valence-corrected chi connectivity index (χ4v) is 3.51. The first-order chi connectivity index (χ1) is 13.9. The molecule has 0 amide bonds. The van der Waals surface area contributed by atoms with Crippen molar-refractivity contribution in [1.29, 1.82) is 0 Å². The molecule has 7 nitrogen and oxygen atoms in total. The maximum absolute atomic E-state index is 12.7. The van der Waals surface area contributed by atoms with E-state index in [1.54, 1.807) is 7.05 Å². The molecule has 11 heteroatoms. The number of ether oxygens (including phenoxy) is 1. The van der Waals surface area contributed by atoms with Gasteiger partial charge in [0.1, 0.15) is 5.69 Å². The molecule has 1 saturated carbocycles. The van der Waals surface area contributed by atoms with Crippen molar-refractivity contribution in [2.75, 3.05) is 38.6 Å². The van der Waals surface area contributed by atoms with Crippen LogP contribution in [0.15, 0.2) is 17.3 Å². The third-order valence-corrected chi connectivity index (χ3v) is 4.90. The van der Waals surface area contributed by atoms with Crippen LogP contribution in [0.1, 0.15) is 44.7 Å². The lowest BCUT2D eigenvalue weighted by atomic mass is 9.98. The maximum atomic E-state index is 12.7. The first kappa shape index (κ1) is 26.7. The molecule has 1 fully saturated rings. The highest BCUT2D eigenvalue weighted by atomic mass is 127. The predicted molar refractivity (Wildman–Crippen MR) is 122 cm³/mol. The SMILES string of the molecule is CCOC(CCNC(=NC)NCCNc1nccc(C(F)(F)F)n1)C1CCCC1.I. The van der Waals surface area contributed by atoms with E-state index < -0.39 is 11.9 Å². The van der Waals surface area contributed by atoms with E-state index in [1.165, 1.54) is 25.7 Å². The van der Waals surface area contributed by atoms with Crippen molar-refractivity contribution in [3.8, 4) is 0 Å². The second kappa shape index (κ2) is 13.8. The molecule has 3 N–H and O–H groups in total. The van der Waals surface area contributed by atoms with E-state index in [0.717, 1.165) is 31.8 Å². The molecular weight excluding hydrogens is 512 g/mol. The summed E-state index contributed by atoms with van der Waals surface area (Å²) in [4.78, 5) is 11.4. The summed E-state index contributed by atoms with van der Waals surface area (Å²) in [5.74, 6) is 1.22. The molecule has 1 aliphatic rings. The monoisotopic (exact) mass is 544 g/mol. The Morgan fingerprint density at radius 2 is 1.93 bits per heavy atom. The van der Waals surface area contributed by atoms with Gasteiger partial charge >= 0.3 is 6.18 Å². The van der Waals surface area contributed by atoms with Crippen LogP contribution in [0.5, 0.6) is 0 Å². The van der Waals surface area contributed by atoms with Gasteiger partial charge in [-0.2, -0.15) is 13.2 Å². The molecule has 0 aromatic carbocycles. The minimum Gasteiger partial charge on any atom is -0.378 e. The van der Waals surface area contributed by atoms with Crippen LogP contribution >= 0.6 is 24.0 Å². The Balaban J connectivity index is 0.00000450. The summed E-state index contributed by atoms with van der Waals surface area (Å²) in [6, 6.07) is 0.844. The van der Waals surface area contributed by atoms with E-state index in [2.05, 4.69) is 30.9 Å². The van der Waals surface area contributed by atoms with Gasteiger partial charge in [-0.1, -0.05) is 12.8 Å². The van der Waals surface area contributed by atoms with Crippen LogP contribution in [0.4, 0.5) is 19.1 Å². The lowest BCUT2D eigenvalue weighted by molar-refractivity contribution is -0.141. The Morgan fingerprint density at radius 3 is 2.57 bits per heavy atom. The van der Waals surface area contributed by atoms with Crippen molar-refractivity contribution < 1.29 is 17.9 Å². The number of halogens is 4. The second-order valence-electron chi connectivity index (χ2n) is 6.94. The normalized spacial score (nSPS) is 16.1. The zero-order chi connectivity index (χ0) is 21.1. The smallest absolute Gasteiger partial charge is 0.378 e. The molecule has 0 bridgehead atoms. The topological polar surface area (TPSA) is 83.5 Å². The van der Waals surface area contributed by atoms with Crippen molar-refractivity contribution in [3.63, 3.8) is 0 Å². The number of aliphatic imine (C=N–C) groups is 1. The number of hydrogen-bond acceptors (Lipinski definition) is 5. The van der Waals surface area contributed by atoms with Crippen molar-refractivity contribution in [2.24, 2.45) is 10.9 Å². The van der Waals surface area contributed by atoms with Gasteiger partial charge in [0.05, 0.1) is 6.10 Å². The summed E-state index contributed by atoms with van der Waals surface area (Å²) in [5, 5.41) is 9.16. The van der Waals surface area contributed by atoms with Crippen LogP contribution in [0.2, 0.25) is 0 Å². The van der Waals surface area contributed by atoms with Gasteiger partial charge in [0, 0.05) is 39.5 Å². The second-order valence-corrected chi connectivity index (χ2v) is 6.94. The van der Waals surface area contributed by atoms with Gasteiger partial charge in [0.15, 0.2) is 5.96 Å². The molecule has 0 saturated heterocycles. The lowest BCUT2D eigenvalue weighted by Gasteiger charge is -2.24. The summed E-state index contributed by atoms with van der Waals surface area (Å²) in [5.41, 5.74) is -0.966. The first-order valence-electron chi connectivity index (χ1n) is 10.1. The molecule has 0 radical (unpaired) electrons. The number of anilines is 1. The van der Waals surface area contributed by atoms with Gasteiger partial charge < -0.3 is 20.7 Å². The van der Waals surface area contributed by atoms with Crippen LogP contribution in [-0.2, 0) is 10.9 Å². The highest BCUT2D eigenvalue weighted by Gasteiger charge is 2.32. The number of aromatic nitrogens is 2. The number of hydrogen-bond donors (Lipinski definition) is 3. The number of rotatable bonds is 10. The summed E-state index contributed by atoms with van der Waals surface area (Å²) < 4.78 is 43.9. The van der Waals surface area contributed by atoms with E-state index in [1.807, 2.05) is 6.92 Å². The van der Waals surface area contributed by atoms with E-state index in [0.29, 0.717) is 25.0 Å². The zero-order valence-electron chi connectivity index (χ0n) is 17.5. The van der Waals surface area contributed by atoms with Gasteiger partial charge in [-0.05, 0) is 38.2 Å². The van der Waals surface area contributed by atoms with Crippen LogP contribution in [0, 0.1) is 5.92 Å². The Hall–Kier alpha value is -1.37. The summed E-state index contributed by atoms with van der Waals surface area (Å²) >= 11 is 0. The first-order valence-corrected chi connectivity index (χ1v) is 10.1. The molecule has 1 aliphatic carbocycles. The molecule has 2 rings (SSSR count). The molecule has 0 spiro atoms. The van der Waals surface area contributed by atoms with Gasteiger partial charge in [-0.25, -0.2) is 9.97 Å². The molecule has 30 heavy (non-hydrogen) atoms. The molecule has 1 atom stereocenters. The largest absolute Gasteiger partial charge is 0.433 e. The minimum absolute atomic E-state index is 0. The third kappa shape index (κ3) is 9.19. The van der Waals surface area contributed by atoms with Gasteiger partial charge in [0.2, 0.25) is 5.95 Å². The summed E-state index contributed by atoms with van der Waals surface area (Å²) in [7, 11) is 1.68. The molecule has 1 heterocycles. The fourth-order valence-electron chi connectivity index (χ4n) is 3.51. The van der Waals surface area contributed by atoms with Crippen molar-refractivity contribution in [2.45, 2.75) is 51.3 Å². The average molecular weight is 544 g/mol. The highest BCUT2D eigenvalue weighted by Crippen LogP contribution is 2.30. The Kier molecular flexibility index (Phi) is 12.3. The summed E-state index contributed by atoms with van der Waals surface area (Å²) in [6.45, 7) is 4.29. The van der Waals surface area contributed by atoms with E-state index >= 15 is 0 Å². The van der Waals surface area contributed by atoms with Gasteiger partial charge in [-0.3, -0.25) is 4.99 Å². The van der Waals surface area contributed by atoms with Gasteiger partial charge in [-0.15, -0.1) is 24.0 Å². The number of guanidine groups is 1. The Bertz CT molecular complexity index is 641. The maximum Gasteiger partial charge on any atom is 0.433 e. The molecule has 0 aliphatic heterocycles. The van der Waals surface area contributed by atoms with Crippen LogP contribution in [0.3, 0.4) is 0 Å². The number of nitrogens with one attached hydrogen (secondary N) is 3. The predicted octanol–water partition coefficient (Wildman–Crippen LogP) is 3.68. The molecule has 1 unspecified atom stereocenters. The Morgan fingerprint density at radius 1 is 1.23 bits per heavy atom. The fraction of sp³-hybridized carbons (Fsp3) is 0.737. The molecule has 1 aromatic rings. The summed E-state index contributed by atoms with van der Waals surface area (Å²) in [6.07, 6.45) is 2.83. The van der Waals surface area contributed by atoms with Crippen LogP contribution in [-0.4, -0.2) is 55.3 Å². The number of nitrogens with zero attached hydrogens (tertiary/aromatic N) is 3. The van der Waals surface area contributed by atoms with Crippen molar-refractivity contribution >= 4 is 35.9 Å². The molecular formula is C19H32F3IN6O. The van der Waals surface area contributed by atoms with Crippen molar-refractivity contribution in [1.82, 2.24) is 20.6 Å². The molecule has 1 aromatic heterocycles. The molecule has 172 valence electrons. The highest BCUT2D eigenvalue weighted by molar-refractivity contribution is 14.0. The quantitative estimate of drug-likeness (QED) is 0.181. The van der Waals surface area contributed by atoms with Gasteiger partial charge in [0.25, 0.3) is 0 Å². The average Bonchev–Trinajstić information content (AvgIpc) is 3.23. The zero-order valence-corrected chi connectivity index (χ0v) is 19.8. The van der Waals surface area contributed by atoms with Crippen LogP contribution < -0.4 is 16.0 Å². The van der Waals surface area contributed by atoms with Crippen LogP contribution in [0.25, 0.3) is 0 Å². The van der Waals surface area contributed by atoms with E-state index in [-0.39, 0.29) is 36.0 Å². The van der Waals surface area contributed by atoms with E-state index in [4.69, 9.17) is 4.74 Å². The Labute approximate surface area is 193 Å². The third-order valence-electron chi connectivity index (χ3n) is 4.90.